The van der Waals surface area contributed by atoms with E-state index in [4.69, 9.17) is 10.5 Å². The van der Waals surface area contributed by atoms with E-state index in [1.165, 1.54) is 31.2 Å². The molecule has 2 rings (SSSR count). The Morgan fingerprint density at radius 2 is 2.05 bits per heavy atom. The summed E-state index contributed by atoms with van der Waals surface area (Å²) in [5.74, 6) is 1.75. The standard InChI is InChI=1S/C16H24BrNO/c1-12-5-7-16(11-18,8-6-12)10-13-3-4-15(19-2)14(17)9-13/h3-4,9,12H,5-8,10-11,18H2,1-2H3. The first-order chi connectivity index (χ1) is 9.08. The SMILES string of the molecule is COc1ccc(CC2(CN)CCC(C)CC2)cc1Br. The van der Waals surface area contributed by atoms with Crippen LogP contribution in [0.3, 0.4) is 0 Å². The number of ether oxygens (including phenoxy) is 1. The van der Waals surface area contributed by atoms with Crippen molar-refractivity contribution in [3.8, 4) is 5.75 Å². The Morgan fingerprint density at radius 1 is 1.37 bits per heavy atom. The van der Waals surface area contributed by atoms with Crippen molar-refractivity contribution in [2.45, 2.75) is 39.0 Å². The second kappa shape index (κ2) is 6.27. The Hall–Kier alpha value is -0.540. The van der Waals surface area contributed by atoms with Gasteiger partial charge in [-0.1, -0.05) is 25.8 Å². The third kappa shape index (κ3) is 3.51. The monoisotopic (exact) mass is 325 g/mol. The number of benzene rings is 1. The largest absolute Gasteiger partial charge is 0.496 e. The van der Waals surface area contributed by atoms with Gasteiger partial charge in [0.15, 0.2) is 0 Å². The molecular weight excluding hydrogens is 302 g/mol. The molecule has 1 aromatic rings. The number of methoxy groups -OCH3 is 1. The highest BCUT2D eigenvalue weighted by molar-refractivity contribution is 9.10. The molecule has 1 aliphatic carbocycles. The molecule has 0 aromatic heterocycles. The van der Waals surface area contributed by atoms with Crippen LogP contribution in [0.15, 0.2) is 22.7 Å². The normalized spacial score (nSPS) is 27.3. The van der Waals surface area contributed by atoms with Crippen molar-refractivity contribution < 1.29 is 4.74 Å². The topological polar surface area (TPSA) is 35.2 Å². The molecule has 0 atom stereocenters. The molecule has 0 heterocycles. The van der Waals surface area contributed by atoms with E-state index >= 15 is 0 Å². The summed E-state index contributed by atoms with van der Waals surface area (Å²) in [6, 6.07) is 6.38. The minimum atomic E-state index is 0.306. The molecule has 0 unspecified atom stereocenters. The van der Waals surface area contributed by atoms with Crippen LogP contribution in [0, 0.1) is 11.3 Å². The van der Waals surface area contributed by atoms with Crippen LogP contribution in [0.5, 0.6) is 5.75 Å². The first kappa shape index (κ1) is 14.9. The van der Waals surface area contributed by atoms with Gasteiger partial charge in [0.25, 0.3) is 0 Å². The third-order valence-electron chi connectivity index (χ3n) is 4.56. The lowest BCUT2D eigenvalue weighted by molar-refractivity contribution is 0.163. The lowest BCUT2D eigenvalue weighted by atomic mass is 9.68. The highest BCUT2D eigenvalue weighted by atomic mass is 79.9. The minimum absolute atomic E-state index is 0.306. The molecule has 106 valence electrons. The number of hydrogen-bond donors (Lipinski definition) is 1. The van der Waals surface area contributed by atoms with Crippen molar-refractivity contribution in [2.75, 3.05) is 13.7 Å². The summed E-state index contributed by atoms with van der Waals surface area (Å²) in [7, 11) is 1.70. The maximum absolute atomic E-state index is 6.09. The molecule has 0 saturated heterocycles. The predicted octanol–water partition coefficient (Wildman–Crippen LogP) is 4.16. The molecule has 2 nitrogen and oxygen atoms in total. The number of halogens is 1. The zero-order valence-corrected chi connectivity index (χ0v) is 13.5. The van der Waals surface area contributed by atoms with Gasteiger partial charge in [-0.05, 0) is 70.8 Å². The maximum atomic E-state index is 6.09. The van der Waals surface area contributed by atoms with E-state index in [-0.39, 0.29) is 0 Å². The van der Waals surface area contributed by atoms with E-state index in [0.29, 0.717) is 5.41 Å². The highest BCUT2D eigenvalue weighted by Gasteiger charge is 2.33. The fraction of sp³-hybridized carbons (Fsp3) is 0.625. The smallest absolute Gasteiger partial charge is 0.133 e. The van der Waals surface area contributed by atoms with E-state index in [1.807, 2.05) is 6.07 Å². The molecular formula is C16H24BrNO. The van der Waals surface area contributed by atoms with E-state index in [2.05, 4.69) is 35.0 Å². The molecule has 1 aromatic carbocycles. The summed E-state index contributed by atoms with van der Waals surface area (Å²) >= 11 is 3.56. The van der Waals surface area contributed by atoms with Gasteiger partial charge >= 0.3 is 0 Å². The summed E-state index contributed by atoms with van der Waals surface area (Å²) in [6.45, 7) is 3.15. The zero-order chi connectivity index (χ0) is 13.9. The van der Waals surface area contributed by atoms with Crippen LogP contribution in [0.2, 0.25) is 0 Å². The van der Waals surface area contributed by atoms with Gasteiger partial charge in [0.1, 0.15) is 5.75 Å². The predicted molar refractivity (Wildman–Crippen MR) is 83.5 cm³/mol. The number of rotatable bonds is 4. The lowest BCUT2D eigenvalue weighted by Crippen LogP contribution is -2.36. The van der Waals surface area contributed by atoms with Gasteiger partial charge in [0, 0.05) is 0 Å². The molecule has 1 saturated carbocycles. The zero-order valence-electron chi connectivity index (χ0n) is 11.9. The van der Waals surface area contributed by atoms with Crippen LogP contribution in [-0.2, 0) is 6.42 Å². The fourth-order valence-corrected chi connectivity index (χ4v) is 3.67. The molecule has 0 spiro atoms. The molecule has 0 amide bonds. The minimum Gasteiger partial charge on any atom is -0.496 e. The van der Waals surface area contributed by atoms with E-state index in [9.17, 15) is 0 Å². The first-order valence-corrected chi connectivity index (χ1v) is 7.90. The van der Waals surface area contributed by atoms with Crippen LogP contribution in [0.25, 0.3) is 0 Å². The van der Waals surface area contributed by atoms with Crippen molar-refractivity contribution in [3.63, 3.8) is 0 Å². The molecule has 3 heteroatoms. The Balaban J connectivity index is 2.12. The second-order valence-electron chi connectivity index (χ2n) is 6.03. The molecule has 0 aliphatic heterocycles. The fourth-order valence-electron chi connectivity index (χ4n) is 3.08. The molecule has 19 heavy (non-hydrogen) atoms. The maximum Gasteiger partial charge on any atom is 0.133 e. The van der Waals surface area contributed by atoms with Gasteiger partial charge in [-0.15, -0.1) is 0 Å². The number of hydrogen-bond acceptors (Lipinski definition) is 2. The number of nitrogens with two attached hydrogens (primary N) is 1. The van der Waals surface area contributed by atoms with E-state index in [1.54, 1.807) is 7.11 Å². The van der Waals surface area contributed by atoms with Crippen molar-refractivity contribution in [1.29, 1.82) is 0 Å². The van der Waals surface area contributed by atoms with Crippen molar-refractivity contribution in [3.05, 3.63) is 28.2 Å². The second-order valence-corrected chi connectivity index (χ2v) is 6.89. The summed E-state index contributed by atoms with van der Waals surface area (Å²) in [4.78, 5) is 0. The molecule has 0 bridgehead atoms. The summed E-state index contributed by atoms with van der Waals surface area (Å²) < 4.78 is 6.32. The van der Waals surface area contributed by atoms with Gasteiger partial charge in [-0.3, -0.25) is 0 Å². The lowest BCUT2D eigenvalue weighted by Gasteiger charge is -2.39. The van der Waals surface area contributed by atoms with Crippen molar-refractivity contribution in [2.24, 2.45) is 17.1 Å². The first-order valence-electron chi connectivity index (χ1n) is 7.11. The average Bonchev–Trinajstić information content (AvgIpc) is 2.42. The quantitative estimate of drug-likeness (QED) is 0.902. The van der Waals surface area contributed by atoms with Crippen LogP contribution in [-0.4, -0.2) is 13.7 Å². The van der Waals surface area contributed by atoms with Gasteiger partial charge < -0.3 is 10.5 Å². The highest BCUT2D eigenvalue weighted by Crippen LogP contribution is 2.41. The Kier molecular flexibility index (Phi) is 4.91. The van der Waals surface area contributed by atoms with Crippen LogP contribution in [0.1, 0.15) is 38.2 Å². The molecule has 2 N–H and O–H groups in total. The molecule has 0 radical (unpaired) electrons. The summed E-state index contributed by atoms with van der Waals surface area (Å²) in [5.41, 5.74) is 7.75. The van der Waals surface area contributed by atoms with E-state index in [0.717, 1.165) is 29.1 Å². The van der Waals surface area contributed by atoms with Gasteiger partial charge in [-0.25, -0.2) is 0 Å². The Morgan fingerprint density at radius 3 is 2.58 bits per heavy atom. The summed E-state index contributed by atoms with van der Waals surface area (Å²) in [6.07, 6.45) is 6.23. The van der Waals surface area contributed by atoms with Crippen LogP contribution < -0.4 is 10.5 Å². The molecule has 1 aliphatic rings. The summed E-state index contributed by atoms with van der Waals surface area (Å²) in [5, 5.41) is 0. The van der Waals surface area contributed by atoms with Crippen molar-refractivity contribution in [1.82, 2.24) is 0 Å². The van der Waals surface area contributed by atoms with E-state index < -0.39 is 0 Å². The average molecular weight is 326 g/mol. The van der Waals surface area contributed by atoms with Gasteiger partial charge in [0.2, 0.25) is 0 Å². The molecule has 1 fully saturated rings. The van der Waals surface area contributed by atoms with Gasteiger partial charge in [-0.2, -0.15) is 0 Å². The Bertz CT molecular complexity index is 425. The van der Waals surface area contributed by atoms with Gasteiger partial charge in [0.05, 0.1) is 11.6 Å². The van der Waals surface area contributed by atoms with Crippen molar-refractivity contribution >= 4 is 15.9 Å². The van der Waals surface area contributed by atoms with Crippen LogP contribution in [0.4, 0.5) is 0 Å². The third-order valence-corrected chi connectivity index (χ3v) is 5.18. The Labute approximate surface area is 124 Å². The van der Waals surface area contributed by atoms with Crippen LogP contribution >= 0.6 is 15.9 Å².